The maximum absolute atomic E-state index is 12.7. The number of hydrogen-bond acceptors (Lipinski definition) is 5. The molecule has 2 fully saturated rings. The number of carboxylic acid groups (broad SMARTS) is 1. The topological polar surface area (TPSA) is 88.1 Å². The van der Waals surface area contributed by atoms with Gasteiger partial charge in [-0.3, -0.25) is 9.69 Å². The van der Waals surface area contributed by atoms with Crippen LogP contribution in [0.4, 0.5) is 13.2 Å². The third-order valence-electron chi connectivity index (χ3n) is 5.66. The standard InChI is InChI=1S/C22H26N2O3.C2HF3O2/c1-26-18-9-5-8-17(10-18)13-24-14-19-11-20(21(15-24)27-19)22(25)23-12-16-6-3-2-4-7-16;3-2(4,5)1(6)7/h2-10,19-21H,11-15H2,1H3,(H,23,25);(H,6,7). The molecule has 2 aromatic rings. The van der Waals surface area contributed by atoms with Crippen LogP contribution in [0.2, 0.25) is 0 Å². The van der Waals surface area contributed by atoms with Gasteiger partial charge in [0.05, 0.1) is 25.2 Å². The molecule has 2 aliphatic rings. The van der Waals surface area contributed by atoms with Crippen molar-refractivity contribution in [1.29, 1.82) is 0 Å². The molecule has 34 heavy (non-hydrogen) atoms. The first-order chi connectivity index (χ1) is 16.2. The second-order valence-electron chi connectivity index (χ2n) is 8.19. The van der Waals surface area contributed by atoms with Crippen LogP contribution in [0.25, 0.3) is 0 Å². The van der Waals surface area contributed by atoms with Crippen LogP contribution >= 0.6 is 0 Å². The van der Waals surface area contributed by atoms with Crippen molar-refractivity contribution in [3.8, 4) is 5.75 Å². The number of halogens is 3. The van der Waals surface area contributed by atoms with Gasteiger partial charge in [0.25, 0.3) is 0 Å². The number of hydrogen-bond donors (Lipinski definition) is 2. The summed E-state index contributed by atoms with van der Waals surface area (Å²) in [6.45, 7) is 3.08. The zero-order valence-corrected chi connectivity index (χ0v) is 18.6. The monoisotopic (exact) mass is 480 g/mol. The van der Waals surface area contributed by atoms with Gasteiger partial charge in [0.15, 0.2) is 0 Å². The SMILES string of the molecule is COc1cccc(CN2CC3CC(C(=O)NCc4ccccc4)C(C2)O3)c1.O=C(O)C(F)(F)F. The summed E-state index contributed by atoms with van der Waals surface area (Å²) in [4.78, 5) is 24.0. The molecule has 184 valence electrons. The third kappa shape index (κ3) is 7.19. The summed E-state index contributed by atoms with van der Waals surface area (Å²) in [6.07, 6.45) is -4.16. The van der Waals surface area contributed by atoms with Gasteiger partial charge in [-0.1, -0.05) is 42.5 Å². The number of morpholine rings is 1. The van der Waals surface area contributed by atoms with Crippen molar-refractivity contribution in [2.45, 2.75) is 37.9 Å². The minimum Gasteiger partial charge on any atom is -0.497 e. The molecule has 1 amide bonds. The molecule has 2 N–H and O–H groups in total. The lowest BCUT2D eigenvalue weighted by Crippen LogP contribution is -2.44. The van der Waals surface area contributed by atoms with E-state index in [-0.39, 0.29) is 24.0 Å². The summed E-state index contributed by atoms with van der Waals surface area (Å²) < 4.78 is 43.1. The van der Waals surface area contributed by atoms with Gasteiger partial charge in [-0.05, 0) is 29.7 Å². The molecule has 0 radical (unpaired) electrons. The Morgan fingerprint density at radius 1 is 1.12 bits per heavy atom. The third-order valence-corrected chi connectivity index (χ3v) is 5.66. The van der Waals surface area contributed by atoms with Crippen LogP contribution in [0, 0.1) is 5.92 Å². The Hall–Kier alpha value is -3.11. The summed E-state index contributed by atoms with van der Waals surface area (Å²) in [5.41, 5.74) is 2.34. The lowest BCUT2D eigenvalue weighted by atomic mass is 9.99. The van der Waals surface area contributed by atoms with E-state index in [1.165, 1.54) is 5.56 Å². The van der Waals surface area contributed by atoms with Crippen LogP contribution in [-0.4, -0.2) is 60.5 Å². The largest absolute Gasteiger partial charge is 0.497 e. The van der Waals surface area contributed by atoms with Crippen LogP contribution in [0.1, 0.15) is 17.5 Å². The van der Waals surface area contributed by atoms with Crippen molar-refractivity contribution in [2.24, 2.45) is 5.92 Å². The molecule has 2 aliphatic heterocycles. The maximum atomic E-state index is 12.7. The summed E-state index contributed by atoms with van der Waals surface area (Å²) >= 11 is 0. The van der Waals surface area contributed by atoms with Crippen molar-refractivity contribution in [3.63, 3.8) is 0 Å². The number of likely N-dealkylation sites (tertiary alicyclic amines) is 1. The highest BCUT2D eigenvalue weighted by molar-refractivity contribution is 5.79. The van der Waals surface area contributed by atoms with Gasteiger partial charge in [0.1, 0.15) is 5.75 Å². The van der Waals surface area contributed by atoms with Crippen molar-refractivity contribution < 1.29 is 37.3 Å². The molecule has 4 rings (SSSR count). The Morgan fingerprint density at radius 2 is 1.79 bits per heavy atom. The molecule has 2 saturated heterocycles. The molecule has 0 aliphatic carbocycles. The zero-order valence-electron chi connectivity index (χ0n) is 18.6. The van der Waals surface area contributed by atoms with E-state index in [9.17, 15) is 18.0 Å². The lowest BCUT2D eigenvalue weighted by Gasteiger charge is -2.32. The first-order valence-corrected chi connectivity index (χ1v) is 10.8. The number of carboxylic acids is 1. The number of aliphatic carboxylic acids is 1. The normalized spacial score (nSPS) is 21.8. The Labute approximate surface area is 195 Å². The highest BCUT2D eigenvalue weighted by Crippen LogP contribution is 2.33. The van der Waals surface area contributed by atoms with Gasteiger partial charge in [-0.15, -0.1) is 0 Å². The summed E-state index contributed by atoms with van der Waals surface area (Å²) in [7, 11) is 1.69. The smallest absolute Gasteiger partial charge is 0.490 e. The number of methoxy groups -OCH3 is 1. The van der Waals surface area contributed by atoms with Crippen LogP contribution < -0.4 is 10.1 Å². The molecule has 2 aromatic carbocycles. The fraction of sp³-hybridized carbons (Fsp3) is 0.417. The van der Waals surface area contributed by atoms with Gasteiger partial charge >= 0.3 is 12.1 Å². The van der Waals surface area contributed by atoms with Crippen LogP contribution in [0.3, 0.4) is 0 Å². The van der Waals surface area contributed by atoms with E-state index in [1.807, 2.05) is 42.5 Å². The lowest BCUT2D eigenvalue weighted by molar-refractivity contribution is -0.192. The molecule has 2 heterocycles. The van der Waals surface area contributed by atoms with Crippen molar-refractivity contribution in [2.75, 3.05) is 20.2 Å². The second kappa shape index (κ2) is 11.3. The second-order valence-corrected chi connectivity index (χ2v) is 8.19. The number of carbonyl (C=O) groups excluding carboxylic acids is 1. The average molecular weight is 480 g/mol. The van der Waals surface area contributed by atoms with E-state index < -0.39 is 12.1 Å². The van der Waals surface area contributed by atoms with Crippen LogP contribution in [0.15, 0.2) is 54.6 Å². The van der Waals surface area contributed by atoms with E-state index in [1.54, 1.807) is 7.11 Å². The number of fused-ring (bicyclic) bond motifs is 2. The Balaban J connectivity index is 0.000000406. The summed E-state index contributed by atoms with van der Waals surface area (Å²) in [6, 6.07) is 18.2. The van der Waals surface area contributed by atoms with Crippen LogP contribution in [0.5, 0.6) is 5.75 Å². The minimum absolute atomic E-state index is 0.0230. The van der Waals surface area contributed by atoms with Gasteiger partial charge in [-0.25, -0.2) is 4.79 Å². The highest BCUT2D eigenvalue weighted by atomic mass is 19.4. The van der Waals surface area contributed by atoms with Gasteiger partial charge in [-0.2, -0.15) is 13.2 Å². The number of benzene rings is 2. The van der Waals surface area contributed by atoms with Gasteiger partial charge < -0.3 is 19.9 Å². The predicted molar refractivity (Wildman–Crippen MR) is 117 cm³/mol. The quantitative estimate of drug-likeness (QED) is 0.660. The van der Waals surface area contributed by atoms with E-state index >= 15 is 0 Å². The highest BCUT2D eigenvalue weighted by Gasteiger charge is 2.44. The molecule has 0 saturated carbocycles. The summed E-state index contributed by atoms with van der Waals surface area (Å²) in [5, 5.41) is 10.2. The molecule has 10 heteroatoms. The fourth-order valence-corrected chi connectivity index (χ4v) is 4.09. The fourth-order valence-electron chi connectivity index (χ4n) is 4.09. The molecule has 0 spiro atoms. The van der Waals surface area contributed by atoms with E-state index in [0.717, 1.165) is 37.4 Å². The van der Waals surface area contributed by atoms with E-state index in [2.05, 4.69) is 22.3 Å². The zero-order chi connectivity index (χ0) is 24.7. The number of alkyl halides is 3. The number of nitrogens with zero attached hydrogens (tertiary/aromatic N) is 1. The molecule has 7 nitrogen and oxygen atoms in total. The number of nitrogens with one attached hydrogen (secondary N) is 1. The number of carbonyl (C=O) groups is 2. The molecular weight excluding hydrogens is 453 g/mol. The Kier molecular flexibility index (Phi) is 8.51. The van der Waals surface area contributed by atoms with Crippen molar-refractivity contribution in [1.82, 2.24) is 10.2 Å². The first-order valence-electron chi connectivity index (χ1n) is 10.8. The average Bonchev–Trinajstić information content (AvgIpc) is 3.12. The minimum atomic E-state index is -5.08. The number of rotatable bonds is 6. The first kappa shape index (κ1) is 25.5. The molecule has 3 unspecified atom stereocenters. The van der Waals surface area contributed by atoms with Gasteiger partial charge in [0.2, 0.25) is 5.91 Å². The van der Waals surface area contributed by atoms with Crippen LogP contribution in [-0.2, 0) is 27.4 Å². The molecular formula is C24H27F3N2O5. The predicted octanol–water partition coefficient (Wildman–Crippen LogP) is 3.23. The van der Waals surface area contributed by atoms with E-state index in [0.29, 0.717) is 6.54 Å². The summed E-state index contributed by atoms with van der Waals surface area (Å²) in [5.74, 6) is -1.84. The van der Waals surface area contributed by atoms with E-state index in [4.69, 9.17) is 19.4 Å². The Bertz CT molecular complexity index is 971. The molecule has 2 bridgehead atoms. The molecule has 0 aromatic heterocycles. The van der Waals surface area contributed by atoms with Crippen molar-refractivity contribution >= 4 is 11.9 Å². The van der Waals surface area contributed by atoms with Gasteiger partial charge in [0, 0.05) is 26.2 Å². The van der Waals surface area contributed by atoms with Crippen molar-refractivity contribution in [3.05, 3.63) is 65.7 Å². The molecule has 3 atom stereocenters. The number of amides is 1. The number of ether oxygens (including phenoxy) is 2. The Morgan fingerprint density at radius 3 is 2.44 bits per heavy atom. The maximum Gasteiger partial charge on any atom is 0.490 e.